The molecule has 4 rings (SSSR count). The first-order valence-electron chi connectivity index (χ1n) is 7.19. The van der Waals surface area contributed by atoms with Gasteiger partial charge in [-0.15, -0.1) is 0 Å². The van der Waals surface area contributed by atoms with E-state index in [1.807, 2.05) is 12.1 Å². The summed E-state index contributed by atoms with van der Waals surface area (Å²) in [6.45, 7) is 1.98. The molecular formula is C15H13BrClN3O3. The smallest absolute Gasteiger partial charge is 0.407 e. The molecular weight excluding hydrogens is 386 g/mol. The number of hydrogen-bond acceptors (Lipinski definition) is 4. The van der Waals surface area contributed by atoms with E-state index in [1.165, 1.54) is 4.90 Å². The lowest BCUT2D eigenvalue weighted by atomic mass is 10.1. The van der Waals surface area contributed by atoms with Crippen molar-refractivity contribution in [1.82, 2.24) is 9.88 Å². The van der Waals surface area contributed by atoms with Crippen LogP contribution < -0.4 is 9.64 Å². The van der Waals surface area contributed by atoms with Crippen molar-refractivity contribution < 1.29 is 14.6 Å². The van der Waals surface area contributed by atoms with Crippen molar-refractivity contribution in [2.75, 3.05) is 31.1 Å². The number of pyridine rings is 1. The number of carboxylic acid groups (broad SMARTS) is 1. The molecule has 1 atom stereocenters. The molecule has 2 aliphatic rings. The van der Waals surface area contributed by atoms with E-state index in [0.717, 1.165) is 26.8 Å². The summed E-state index contributed by atoms with van der Waals surface area (Å²) in [5.41, 5.74) is 1.77. The van der Waals surface area contributed by atoms with Crippen molar-refractivity contribution >= 4 is 50.2 Å². The van der Waals surface area contributed by atoms with Gasteiger partial charge in [-0.1, -0.05) is 11.6 Å². The van der Waals surface area contributed by atoms with Crippen molar-refractivity contribution in [1.29, 1.82) is 0 Å². The average Bonchev–Trinajstić information content (AvgIpc) is 2.54. The normalized spacial score (nSPS) is 20.0. The largest absolute Gasteiger partial charge is 0.488 e. The van der Waals surface area contributed by atoms with Crippen LogP contribution in [0.25, 0.3) is 10.9 Å². The van der Waals surface area contributed by atoms with Crippen LogP contribution in [0, 0.1) is 0 Å². The minimum absolute atomic E-state index is 0.000345. The van der Waals surface area contributed by atoms with E-state index in [0.29, 0.717) is 31.3 Å². The first-order chi connectivity index (χ1) is 11.0. The van der Waals surface area contributed by atoms with Gasteiger partial charge in [0.05, 0.1) is 28.5 Å². The Bertz CT molecular complexity index is 816. The van der Waals surface area contributed by atoms with E-state index in [-0.39, 0.29) is 6.04 Å². The molecule has 1 fully saturated rings. The highest BCUT2D eigenvalue weighted by molar-refractivity contribution is 9.10. The van der Waals surface area contributed by atoms with Crippen LogP contribution in [-0.2, 0) is 0 Å². The SMILES string of the molecule is O=C(O)N1CCN2c3c(cnc4cc(Br)c(Cl)cc34)OC[C@@H]2C1. The molecule has 0 spiro atoms. The number of fused-ring (bicyclic) bond motifs is 5. The minimum Gasteiger partial charge on any atom is -0.488 e. The zero-order valence-electron chi connectivity index (χ0n) is 12.0. The van der Waals surface area contributed by atoms with Crippen LogP contribution in [0.5, 0.6) is 5.75 Å². The molecule has 6 nitrogen and oxygen atoms in total. The maximum absolute atomic E-state index is 11.2. The van der Waals surface area contributed by atoms with E-state index < -0.39 is 6.09 Å². The highest BCUT2D eigenvalue weighted by atomic mass is 79.9. The van der Waals surface area contributed by atoms with Gasteiger partial charge in [-0.3, -0.25) is 4.98 Å². The second kappa shape index (κ2) is 5.42. The summed E-state index contributed by atoms with van der Waals surface area (Å²) >= 11 is 9.67. The molecule has 0 saturated carbocycles. The molecule has 2 aromatic rings. The summed E-state index contributed by atoms with van der Waals surface area (Å²) in [7, 11) is 0. The van der Waals surface area contributed by atoms with Crippen LogP contribution in [-0.4, -0.2) is 53.4 Å². The summed E-state index contributed by atoms with van der Waals surface area (Å²) in [5.74, 6) is 0.718. The molecule has 0 radical (unpaired) electrons. The van der Waals surface area contributed by atoms with E-state index >= 15 is 0 Å². The van der Waals surface area contributed by atoms with Crippen LogP contribution in [0.2, 0.25) is 5.02 Å². The molecule has 23 heavy (non-hydrogen) atoms. The molecule has 0 unspecified atom stereocenters. The van der Waals surface area contributed by atoms with Crippen LogP contribution in [0.4, 0.5) is 10.5 Å². The Morgan fingerprint density at radius 1 is 1.43 bits per heavy atom. The Morgan fingerprint density at radius 3 is 3.04 bits per heavy atom. The molecule has 8 heteroatoms. The fourth-order valence-corrected chi connectivity index (χ4v) is 3.70. The predicted molar refractivity (Wildman–Crippen MR) is 90.7 cm³/mol. The average molecular weight is 399 g/mol. The number of ether oxygens (including phenoxy) is 1. The topological polar surface area (TPSA) is 65.9 Å². The summed E-state index contributed by atoms with van der Waals surface area (Å²) < 4.78 is 6.62. The zero-order valence-corrected chi connectivity index (χ0v) is 14.3. The number of hydrogen-bond donors (Lipinski definition) is 1. The fourth-order valence-electron chi connectivity index (χ4n) is 3.21. The molecule has 1 aromatic heterocycles. The number of carbonyl (C=O) groups is 1. The third-order valence-corrected chi connectivity index (χ3v) is 5.52. The van der Waals surface area contributed by atoms with Crippen molar-refractivity contribution in [3.63, 3.8) is 0 Å². The van der Waals surface area contributed by atoms with Gasteiger partial charge in [-0.25, -0.2) is 4.79 Å². The van der Waals surface area contributed by atoms with Gasteiger partial charge in [0.15, 0.2) is 5.75 Å². The Kier molecular flexibility index (Phi) is 3.50. The monoisotopic (exact) mass is 397 g/mol. The van der Waals surface area contributed by atoms with Crippen LogP contribution >= 0.6 is 27.5 Å². The zero-order chi connectivity index (χ0) is 16.1. The third kappa shape index (κ3) is 2.38. The molecule has 1 N–H and O–H groups in total. The Hall–Kier alpha value is -1.73. The van der Waals surface area contributed by atoms with E-state index in [2.05, 4.69) is 25.8 Å². The lowest BCUT2D eigenvalue weighted by Gasteiger charge is -2.45. The fraction of sp³-hybridized carbons (Fsp3) is 0.333. The lowest BCUT2D eigenvalue weighted by Crippen LogP contribution is -2.58. The first kappa shape index (κ1) is 14.8. The van der Waals surface area contributed by atoms with Gasteiger partial charge in [-0.2, -0.15) is 0 Å². The number of aromatic nitrogens is 1. The Labute approximate surface area is 145 Å². The summed E-state index contributed by atoms with van der Waals surface area (Å²) in [6.07, 6.45) is 0.833. The molecule has 0 aliphatic carbocycles. The van der Waals surface area contributed by atoms with Crippen molar-refractivity contribution in [2.45, 2.75) is 6.04 Å². The van der Waals surface area contributed by atoms with Crippen molar-refractivity contribution in [2.24, 2.45) is 0 Å². The Morgan fingerprint density at radius 2 is 2.26 bits per heavy atom. The number of benzene rings is 1. The third-order valence-electron chi connectivity index (χ3n) is 4.32. The molecule has 2 aliphatic heterocycles. The number of anilines is 1. The molecule has 0 bridgehead atoms. The number of rotatable bonds is 0. The summed E-state index contributed by atoms with van der Waals surface area (Å²) in [5, 5.41) is 10.7. The van der Waals surface area contributed by atoms with E-state index in [9.17, 15) is 9.90 Å². The Balaban J connectivity index is 1.82. The van der Waals surface area contributed by atoms with E-state index in [4.69, 9.17) is 16.3 Å². The van der Waals surface area contributed by atoms with Crippen molar-refractivity contribution in [3.05, 3.63) is 27.8 Å². The molecule has 120 valence electrons. The van der Waals surface area contributed by atoms with Gasteiger partial charge < -0.3 is 19.6 Å². The van der Waals surface area contributed by atoms with Gasteiger partial charge in [0.2, 0.25) is 0 Å². The highest BCUT2D eigenvalue weighted by Gasteiger charge is 2.35. The van der Waals surface area contributed by atoms with Gasteiger partial charge in [0.1, 0.15) is 6.61 Å². The number of nitrogens with zero attached hydrogens (tertiary/aromatic N) is 3. The number of amides is 1. The molecule has 1 saturated heterocycles. The highest BCUT2D eigenvalue weighted by Crippen LogP contribution is 2.42. The first-order valence-corrected chi connectivity index (χ1v) is 8.37. The lowest BCUT2D eigenvalue weighted by molar-refractivity contribution is 0.123. The number of piperazine rings is 1. The number of halogens is 2. The maximum atomic E-state index is 11.2. The van der Waals surface area contributed by atoms with Crippen LogP contribution in [0.3, 0.4) is 0 Å². The van der Waals surface area contributed by atoms with E-state index in [1.54, 1.807) is 6.20 Å². The quantitative estimate of drug-likeness (QED) is 0.738. The second-order valence-electron chi connectivity index (χ2n) is 5.64. The molecule has 1 amide bonds. The van der Waals surface area contributed by atoms with Gasteiger partial charge in [0, 0.05) is 29.5 Å². The maximum Gasteiger partial charge on any atom is 0.407 e. The van der Waals surface area contributed by atoms with Gasteiger partial charge in [-0.05, 0) is 28.1 Å². The predicted octanol–water partition coefficient (Wildman–Crippen LogP) is 3.21. The summed E-state index contributed by atoms with van der Waals surface area (Å²) in [4.78, 5) is 19.3. The van der Waals surface area contributed by atoms with Crippen molar-refractivity contribution in [3.8, 4) is 5.75 Å². The summed E-state index contributed by atoms with van der Waals surface area (Å²) in [6, 6.07) is 3.76. The van der Waals surface area contributed by atoms with Gasteiger partial charge >= 0.3 is 6.09 Å². The van der Waals surface area contributed by atoms with Crippen LogP contribution in [0.15, 0.2) is 22.8 Å². The van der Waals surface area contributed by atoms with Crippen LogP contribution in [0.1, 0.15) is 0 Å². The molecule has 1 aromatic carbocycles. The molecule has 3 heterocycles. The van der Waals surface area contributed by atoms with Gasteiger partial charge in [0.25, 0.3) is 0 Å². The second-order valence-corrected chi connectivity index (χ2v) is 6.90. The minimum atomic E-state index is -0.887. The standard InChI is InChI=1S/C15H13BrClN3O3/c16-10-4-12-9(3-11(10)17)14-13(5-18-12)23-7-8-6-19(15(21)22)1-2-20(8)14/h3-5,8H,1-2,6-7H2,(H,21,22)/t8-/m0/s1.